The maximum Gasteiger partial charge on any atom is 0.407 e. The number of para-hydroxylation sites is 1. The highest BCUT2D eigenvalue weighted by molar-refractivity contribution is 7.81. The molecule has 2 aromatic heterocycles. The van der Waals surface area contributed by atoms with Crippen LogP contribution in [0.4, 0.5) is 22.1 Å². The van der Waals surface area contributed by atoms with Crippen molar-refractivity contribution < 1.29 is 23.0 Å². The summed E-state index contributed by atoms with van der Waals surface area (Å²) in [6.45, 7) is 7.37. The van der Waals surface area contributed by atoms with Crippen LogP contribution in [0.5, 0.6) is 11.6 Å². The van der Waals surface area contributed by atoms with Crippen LogP contribution in [0.25, 0.3) is 11.3 Å². The number of nitrogens with zero attached hydrogens (tertiary/aromatic N) is 4. The lowest BCUT2D eigenvalue weighted by Crippen LogP contribution is -2.42. The van der Waals surface area contributed by atoms with Gasteiger partial charge < -0.3 is 24.7 Å². The number of carbonyl (C=O) groups excluding carboxylic acids is 1. The van der Waals surface area contributed by atoms with Crippen molar-refractivity contribution >= 4 is 46.3 Å². The molecule has 0 bridgehead atoms. The predicted octanol–water partition coefficient (Wildman–Crippen LogP) is 7.47. The minimum atomic E-state index is -2.61. The van der Waals surface area contributed by atoms with E-state index in [1.54, 1.807) is 67.0 Å². The zero-order valence-corrected chi connectivity index (χ0v) is 27.6. The molecule has 13 heteroatoms. The van der Waals surface area contributed by atoms with Crippen molar-refractivity contribution in [1.82, 2.24) is 20.3 Å². The molecule has 1 atom stereocenters. The summed E-state index contributed by atoms with van der Waals surface area (Å²) in [5, 5.41) is 6.71. The number of carbonyl (C=O) groups is 1. The zero-order valence-electron chi connectivity index (χ0n) is 26.0. The van der Waals surface area contributed by atoms with Gasteiger partial charge in [-0.15, -0.1) is 0 Å². The number of halogens is 1. The number of pyridine rings is 1. The minimum Gasteiger partial charge on any atom is -0.755 e. The second-order valence-electron chi connectivity index (χ2n) is 12.0. The van der Waals surface area contributed by atoms with E-state index in [0.29, 0.717) is 50.8 Å². The summed E-state index contributed by atoms with van der Waals surface area (Å²) in [6.07, 6.45) is 6.25. The molecule has 2 aromatic carbocycles. The fourth-order valence-corrected chi connectivity index (χ4v) is 6.06. The summed E-state index contributed by atoms with van der Waals surface area (Å²) in [5.74, 6) is 1.33. The second-order valence-corrected chi connectivity index (χ2v) is 13.2. The molecule has 1 saturated carbocycles. The number of aryl methyl sites for hydroxylation is 1. The lowest BCUT2D eigenvalue weighted by Gasteiger charge is -2.30. The molecule has 1 unspecified atom stereocenters. The van der Waals surface area contributed by atoms with Crippen molar-refractivity contribution in [1.29, 1.82) is 0 Å². The molecule has 2 heterocycles. The summed E-state index contributed by atoms with van der Waals surface area (Å²) in [4.78, 5) is 25.8. The molecule has 0 spiro atoms. The summed E-state index contributed by atoms with van der Waals surface area (Å²) in [5.41, 5.74) is 2.21. The number of amides is 1. The van der Waals surface area contributed by atoms with Gasteiger partial charge in [-0.1, -0.05) is 23.7 Å². The minimum absolute atomic E-state index is 0.0643. The highest BCUT2D eigenvalue weighted by Gasteiger charge is 2.25. The summed E-state index contributed by atoms with van der Waals surface area (Å²) >= 11 is 3.69. The summed E-state index contributed by atoms with van der Waals surface area (Å²) < 4.78 is 37.1. The SMILES string of the molecule is Cc1cc(N(c2ccccc2Cl)S(=O)[O-])ccc1Oc1ncccc1-c1ccnc(NC2CCC(NC(=O)OC(C)(C)C)CC2)n1. The van der Waals surface area contributed by atoms with Gasteiger partial charge in [0.2, 0.25) is 11.8 Å². The zero-order chi connectivity index (χ0) is 32.8. The Balaban J connectivity index is 1.27. The van der Waals surface area contributed by atoms with E-state index in [-0.39, 0.29) is 12.1 Å². The van der Waals surface area contributed by atoms with Crippen molar-refractivity contribution in [3.63, 3.8) is 0 Å². The molecule has 4 aromatic rings. The summed E-state index contributed by atoms with van der Waals surface area (Å²) in [6, 6.07) is 17.5. The van der Waals surface area contributed by atoms with Crippen molar-refractivity contribution in [2.45, 2.75) is 71.1 Å². The molecule has 242 valence electrons. The van der Waals surface area contributed by atoms with E-state index in [1.165, 1.54) is 0 Å². The van der Waals surface area contributed by atoms with E-state index in [2.05, 4.69) is 20.6 Å². The molecule has 0 radical (unpaired) electrons. The van der Waals surface area contributed by atoms with Crippen molar-refractivity contribution in [3.05, 3.63) is 83.6 Å². The number of alkyl carbamates (subject to hydrolysis) is 1. The van der Waals surface area contributed by atoms with Crippen LogP contribution in [0, 0.1) is 6.92 Å². The molecule has 46 heavy (non-hydrogen) atoms. The lowest BCUT2D eigenvalue weighted by molar-refractivity contribution is 0.0492. The molecular weight excluding hydrogens is 628 g/mol. The number of ether oxygens (including phenoxy) is 2. The van der Waals surface area contributed by atoms with Crippen LogP contribution >= 0.6 is 11.6 Å². The monoisotopic (exact) mass is 663 g/mol. The normalized spacial score (nSPS) is 17.1. The molecule has 5 rings (SSSR count). The van der Waals surface area contributed by atoms with E-state index < -0.39 is 23.0 Å². The lowest BCUT2D eigenvalue weighted by atomic mass is 9.91. The van der Waals surface area contributed by atoms with Crippen molar-refractivity contribution in [2.75, 3.05) is 9.62 Å². The third-order valence-electron chi connectivity index (χ3n) is 7.30. The van der Waals surface area contributed by atoms with Gasteiger partial charge in [-0.05, 0) is 107 Å². The van der Waals surface area contributed by atoms with Crippen molar-refractivity contribution in [3.8, 4) is 22.9 Å². The number of rotatable bonds is 9. The van der Waals surface area contributed by atoms with Gasteiger partial charge >= 0.3 is 6.09 Å². The first-order chi connectivity index (χ1) is 22.0. The maximum atomic E-state index is 12.2. The molecule has 0 aliphatic heterocycles. The number of hydrogen-bond acceptors (Lipinski definition) is 9. The van der Waals surface area contributed by atoms with Crippen LogP contribution < -0.4 is 19.7 Å². The molecule has 2 N–H and O–H groups in total. The van der Waals surface area contributed by atoms with Crippen LogP contribution in [0.1, 0.15) is 52.0 Å². The topological polar surface area (TPSA) is 142 Å². The summed E-state index contributed by atoms with van der Waals surface area (Å²) in [7, 11) is 0. The first kappa shape index (κ1) is 33.1. The second kappa shape index (κ2) is 14.4. The predicted molar refractivity (Wildman–Crippen MR) is 178 cm³/mol. The largest absolute Gasteiger partial charge is 0.755 e. The first-order valence-corrected chi connectivity index (χ1v) is 16.3. The van der Waals surface area contributed by atoms with Crippen LogP contribution in [0.2, 0.25) is 5.02 Å². The molecule has 0 saturated heterocycles. The van der Waals surface area contributed by atoms with E-state index in [0.717, 1.165) is 30.0 Å². The maximum absolute atomic E-state index is 12.2. The average molecular weight is 664 g/mol. The standard InChI is InChI=1S/C33H37ClN6O5S/c1-21-20-24(40(46(42)43)28-10-6-5-9-26(28)34)15-16-29(21)44-30-25(8-7-18-35-30)27-17-19-36-31(39-27)37-22-11-13-23(14-12-22)38-32(41)45-33(2,3)4/h5-10,15-20,22-23H,11-14H2,1-4H3,(H,38,41)(H,42,43)(H,36,37,39)/p-1. The third-order valence-corrected chi connectivity index (χ3v) is 8.33. The Morgan fingerprint density at radius 2 is 1.74 bits per heavy atom. The molecule has 1 aliphatic rings. The quantitative estimate of drug-likeness (QED) is 0.174. The van der Waals surface area contributed by atoms with Crippen LogP contribution in [0.15, 0.2) is 73.1 Å². The van der Waals surface area contributed by atoms with Gasteiger partial charge in [-0.3, -0.25) is 8.51 Å². The molecule has 1 aliphatic carbocycles. The highest BCUT2D eigenvalue weighted by atomic mass is 35.5. The molecular formula is C33H36ClN6O5S-. The number of hydrogen-bond donors (Lipinski definition) is 2. The van der Waals surface area contributed by atoms with Crippen molar-refractivity contribution in [2.24, 2.45) is 0 Å². The molecule has 1 amide bonds. The van der Waals surface area contributed by atoms with Gasteiger partial charge in [0.25, 0.3) is 0 Å². The Hall–Kier alpha value is -4.26. The van der Waals surface area contributed by atoms with E-state index in [9.17, 15) is 13.6 Å². The highest BCUT2D eigenvalue weighted by Crippen LogP contribution is 2.37. The number of benzene rings is 2. The Morgan fingerprint density at radius 1 is 1.00 bits per heavy atom. The van der Waals surface area contributed by atoms with Crippen LogP contribution in [0.3, 0.4) is 0 Å². The van der Waals surface area contributed by atoms with Crippen LogP contribution in [-0.4, -0.2) is 47.5 Å². The van der Waals surface area contributed by atoms with Gasteiger partial charge in [-0.25, -0.2) is 19.7 Å². The fraction of sp³-hybridized carbons (Fsp3) is 0.333. The molecule has 1 fully saturated rings. The Labute approximate surface area is 276 Å². The van der Waals surface area contributed by atoms with Gasteiger partial charge in [-0.2, -0.15) is 0 Å². The molecule has 11 nitrogen and oxygen atoms in total. The Bertz CT molecular complexity index is 1710. The van der Waals surface area contributed by atoms with Crippen LogP contribution in [-0.2, 0) is 16.0 Å². The number of nitrogens with one attached hydrogen (secondary N) is 2. The Morgan fingerprint density at radius 3 is 2.43 bits per heavy atom. The van der Waals surface area contributed by atoms with Gasteiger partial charge in [0.15, 0.2) is 0 Å². The number of aromatic nitrogens is 3. The van der Waals surface area contributed by atoms with Gasteiger partial charge in [0, 0.05) is 24.5 Å². The smallest absolute Gasteiger partial charge is 0.407 e. The fourth-order valence-electron chi connectivity index (χ4n) is 5.18. The van der Waals surface area contributed by atoms with E-state index >= 15 is 0 Å². The van der Waals surface area contributed by atoms with Gasteiger partial charge in [0.05, 0.1) is 38.9 Å². The van der Waals surface area contributed by atoms with E-state index in [4.69, 9.17) is 26.1 Å². The first-order valence-electron chi connectivity index (χ1n) is 14.9. The third kappa shape index (κ3) is 8.51. The average Bonchev–Trinajstić information content (AvgIpc) is 3.00. The Kier molecular flexibility index (Phi) is 10.4. The number of anilines is 3. The van der Waals surface area contributed by atoms with Gasteiger partial charge in [0.1, 0.15) is 11.4 Å². The van der Waals surface area contributed by atoms with E-state index in [1.807, 2.05) is 33.8 Å².